The van der Waals surface area contributed by atoms with Gasteiger partial charge in [-0.3, -0.25) is 4.79 Å². The van der Waals surface area contributed by atoms with Crippen LogP contribution in [0.1, 0.15) is 46.8 Å². The highest BCUT2D eigenvalue weighted by Crippen LogP contribution is 2.23. The number of hydrogen-bond donors (Lipinski definition) is 0. The number of benzene rings is 1. The Labute approximate surface area is 155 Å². The molecule has 7 heteroatoms. The maximum atomic E-state index is 12.3. The minimum absolute atomic E-state index is 0.111. The molecule has 0 aliphatic carbocycles. The molecule has 0 saturated heterocycles. The average molecular weight is 373 g/mol. The SMILES string of the molecule is CCc1ccc(C(=O)CSc2nnnn2-c2ccc(C(C)C)cc2)s1. The minimum Gasteiger partial charge on any atom is -0.292 e. The normalized spacial score (nSPS) is 11.2. The van der Waals surface area contributed by atoms with E-state index in [4.69, 9.17) is 0 Å². The van der Waals surface area contributed by atoms with Gasteiger partial charge < -0.3 is 0 Å². The fourth-order valence-electron chi connectivity index (χ4n) is 2.35. The summed E-state index contributed by atoms with van der Waals surface area (Å²) < 4.78 is 1.67. The molecule has 3 rings (SSSR count). The first-order chi connectivity index (χ1) is 12.1. The van der Waals surface area contributed by atoms with E-state index in [9.17, 15) is 4.79 Å². The molecule has 0 amide bonds. The second kappa shape index (κ2) is 7.93. The highest BCUT2D eigenvalue weighted by Gasteiger charge is 2.14. The predicted molar refractivity (Wildman–Crippen MR) is 102 cm³/mol. The zero-order chi connectivity index (χ0) is 17.8. The van der Waals surface area contributed by atoms with Crippen LogP contribution in [0.25, 0.3) is 5.69 Å². The molecule has 5 nitrogen and oxygen atoms in total. The Morgan fingerprint density at radius 2 is 1.96 bits per heavy atom. The third-order valence-corrected chi connectivity index (χ3v) is 6.05. The molecule has 0 aliphatic rings. The molecule has 0 radical (unpaired) electrons. The van der Waals surface area contributed by atoms with E-state index in [-0.39, 0.29) is 5.78 Å². The summed E-state index contributed by atoms with van der Waals surface area (Å²) in [4.78, 5) is 14.4. The molecule has 0 aliphatic heterocycles. The van der Waals surface area contributed by atoms with Crippen molar-refractivity contribution in [3.63, 3.8) is 0 Å². The van der Waals surface area contributed by atoms with Crippen molar-refractivity contribution in [2.75, 3.05) is 5.75 Å². The molecule has 2 heterocycles. The van der Waals surface area contributed by atoms with Gasteiger partial charge in [-0.15, -0.1) is 16.4 Å². The van der Waals surface area contributed by atoms with E-state index in [1.807, 2.05) is 24.3 Å². The summed E-state index contributed by atoms with van der Waals surface area (Å²) in [6.45, 7) is 6.41. The molecule has 0 atom stereocenters. The van der Waals surface area contributed by atoms with Gasteiger partial charge in [0.25, 0.3) is 0 Å². The molecule has 2 aromatic heterocycles. The summed E-state index contributed by atoms with van der Waals surface area (Å²) in [5.41, 5.74) is 2.17. The number of ketones is 1. The molecule has 0 spiro atoms. The summed E-state index contributed by atoms with van der Waals surface area (Å²) in [5.74, 6) is 0.918. The highest BCUT2D eigenvalue weighted by atomic mass is 32.2. The van der Waals surface area contributed by atoms with Crippen molar-refractivity contribution in [3.8, 4) is 5.69 Å². The van der Waals surface area contributed by atoms with E-state index in [1.54, 1.807) is 16.0 Å². The van der Waals surface area contributed by atoms with Gasteiger partial charge in [0.1, 0.15) is 0 Å². The molecule has 0 unspecified atom stereocenters. The summed E-state index contributed by atoms with van der Waals surface area (Å²) in [6, 6.07) is 12.1. The summed E-state index contributed by atoms with van der Waals surface area (Å²) >= 11 is 2.92. The van der Waals surface area contributed by atoms with Crippen molar-refractivity contribution in [1.29, 1.82) is 0 Å². The van der Waals surface area contributed by atoms with Crippen LogP contribution in [0.4, 0.5) is 0 Å². The van der Waals surface area contributed by atoms with Crippen molar-refractivity contribution >= 4 is 28.9 Å². The number of nitrogens with zero attached hydrogens (tertiary/aromatic N) is 4. The third-order valence-electron chi connectivity index (χ3n) is 3.86. The lowest BCUT2D eigenvalue weighted by atomic mass is 10.0. The number of aryl methyl sites for hydroxylation is 1. The molecule has 3 aromatic rings. The molecule has 1 aromatic carbocycles. The lowest BCUT2D eigenvalue weighted by Gasteiger charge is -2.07. The van der Waals surface area contributed by atoms with E-state index < -0.39 is 0 Å². The fraction of sp³-hybridized carbons (Fsp3) is 0.333. The lowest BCUT2D eigenvalue weighted by Crippen LogP contribution is -2.03. The van der Waals surface area contributed by atoms with Crippen LogP contribution in [0.15, 0.2) is 41.6 Å². The molecular formula is C18H20N4OS2. The van der Waals surface area contributed by atoms with Crippen LogP contribution in [0.5, 0.6) is 0 Å². The van der Waals surface area contributed by atoms with Crippen LogP contribution in [0, 0.1) is 0 Å². The number of thioether (sulfide) groups is 1. The predicted octanol–water partition coefficient (Wildman–Crippen LogP) is 4.38. The first-order valence-electron chi connectivity index (χ1n) is 8.22. The van der Waals surface area contributed by atoms with Crippen molar-refractivity contribution < 1.29 is 4.79 Å². The van der Waals surface area contributed by atoms with Gasteiger partial charge in [0.15, 0.2) is 5.78 Å². The number of aromatic nitrogens is 4. The largest absolute Gasteiger partial charge is 0.292 e. The summed E-state index contributed by atoms with van der Waals surface area (Å²) in [7, 11) is 0. The van der Waals surface area contributed by atoms with E-state index >= 15 is 0 Å². The van der Waals surface area contributed by atoms with Gasteiger partial charge in [0, 0.05) is 4.88 Å². The number of carbonyl (C=O) groups excluding carboxylic acids is 1. The van der Waals surface area contributed by atoms with Gasteiger partial charge >= 0.3 is 0 Å². The number of tetrazole rings is 1. The van der Waals surface area contributed by atoms with Crippen LogP contribution >= 0.6 is 23.1 Å². The molecular weight excluding hydrogens is 352 g/mol. The number of rotatable bonds is 7. The Morgan fingerprint density at radius 1 is 1.20 bits per heavy atom. The van der Waals surface area contributed by atoms with E-state index in [1.165, 1.54) is 22.2 Å². The minimum atomic E-state index is 0.111. The zero-order valence-corrected chi connectivity index (χ0v) is 16.1. The Kier molecular flexibility index (Phi) is 5.65. The second-order valence-corrected chi connectivity index (χ2v) is 8.06. The first-order valence-corrected chi connectivity index (χ1v) is 10.0. The van der Waals surface area contributed by atoms with Crippen LogP contribution in [0.3, 0.4) is 0 Å². The van der Waals surface area contributed by atoms with E-state index in [2.05, 4.69) is 48.4 Å². The smallest absolute Gasteiger partial charge is 0.214 e. The Balaban J connectivity index is 1.70. The summed E-state index contributed by atoms with van der Waals surface area (Å²) in [6.07, 6.45) is 0.954. The van der Waals surface area contributed by atoms with E-state index in [0.717, 1.165) is 17.0 Å². The van der Waals surface area contributed by atoms with Crippen LogP contribution in [-0.2, 0) is 6.42 Å². The Morgan fingerprint density at radius 3 is 2.60 bits per heavy atom. The maximum absolute atomic E-state index is 12.3. The van der Waals surface area contributed by atoms with Crippen LogP contribution in [0.2, 0.25) is 0 Å². The molecule has 130 valence electrons. The quantitative estimate of drug-likeness (QED) is 0.455. The van der Waals surface area contributed by atoms with Crippen LogP contribution < -0.4 is 0 Å². The monoisotopic (exact) mass is 372 g/mol. The van der Waals surface area contributed by atoms with Crippen LogP contribution in [-0.4, -0.2) is 31.7 Å². The van der Waals surface area contributed by atoms with Crippen molar-refractivity contribution in [2.45, 2.75) is 38.3 Å². The number of thiophene rings is 1. The molecule has 0 fully saturated rings. The maximum Gasteiger partial charge on any atom is 0.214 e. The first kappa shape index (κ1) is 17.8. The summed E-state index contributed by atoms with van der Waals surface area (Å²) in [5, 5.41) is 12.5. The van der Waals surface area contributed by atoms with Gasteiger partial charge in [-0.1, -0.05) is 44.7 Å². The molecule has 0 bridgehead atoms. The van der Waals surface area contributed by atoms with Crippen molar-refractivity contribution in [3.05, 3.63) is 51.7 Å². The lowest BCUT2D eigenvalue weighted by molar-refractivity contribution is 0.102. The van der Waals surface area contributed by atoms with Gasteiger partial charge in [-0.05, 0) is 52.6 Å². The zero-order valence-electron chi connectivity index (χ0n) is 14.5. The molecule has 0 N–H and O–H groups in total. The number of carbonyl (C=O) groups is 1. The van der Waals surface area contributed by atoms with Gasteiger partial charge in [-0.2, -0.15) is 4.68 Å². The van der Waals surface area contributed by atoms with Crippen molar-refractivity contribution in [1.82, 2.24) is 20.2 Å². The fourth-order valence-corrected chi connectivity index (χ4v) is 4.10. The van der Waals surface area contributed by atoms with Gasteiger partial charge in [-0.25, -0.2) is 0 Å². The van der Waals surface area contributed by atoms with E-state index in [0.29, 0.717) is 16.8 Å². The van der Waals surface area contributed by atoms with Crippen molar-refractivity contribution in [2.24, 2.45) is 0 Å². The molecule has 0 saturated carbocycles. The Hall–Kier alpha value is -1.99. The van der Waals surface area contributed by atoms with Gasteiger partial charge in [0.05, 0.1) is 16.3 Å². The highest BCUT2D eigenvalue weighted by molar-refractivity contribution is 7.99. The average Bonchev–Trinajstić information content (AvgIpc) is 3.29. The topological polar surface area (TPSA) is 60.7 Å². The molecule has 25 heavy (non-hydrogen) atoms. The third kappa shape index (κ3) is 4.16. The number of Topliss-reactive ketones (excluding diaryl/α,β-unsaturated/α-hetero) is 1. The number of hydrogen-bond acceptors (Lipinski definition) is 6. The van der Waals surface area contributed by atoms with Gasteiger partial charge in [0.2, 0.25) is 5.16 Å². The second-order valence-electron chi connectivity index (χ2n) is 5.95. The Bertz CT molecular complexity index is 852. The standard InChI is InChI=1S/C18H20N4OS2/c1-4-15-9-10-17(25-15)16(23)11-24-18-19-20-21-22(18)14-7-5-13(6-8-14)12(2)3/h5-10,12H,4,11H2,1-3H3.